The summed E-state index contributed by atoms with van der Waals surface area (Å²) in [7, 11) is 0. The van der Waals surface area contributed by atoms with Gasteiger partial charge in [0.05, 0.1) is 16.1 Å². The van der Waals surface area contributed by atoms with Crippen molar-refractivity contribution in [2.24, 2.45) is 0 Å². The van der Waals surface area contributed by atoms with E-state index < -0.39 is 0 Å². The number of rotatable bonds is 2. The lowest BCUT2D eigenvalue weighted by atomic mass is 10.2. The van der Waals surface area contributed by atoms with Crippen LogP contribution >= 0.6 is 15.9 Å². The quantitative estimate of drug-likeness (QED) is 0.843. The normalized spacial score (nSPS) is 9.89. The Morgan fingerprint density at radius 2 is 2.11 bits per heavy atom. The molecule has 5 heteroatoms. The zero-order chi connectivity index (χ0) is 13.1. The molecule has 0 radical (unpaired) electrons. The fraction of sp³-hybridized carbons (Fsp3) is 0.0769. The van der Waals surface area contributed by atoms with Crippen LogP contribution in [0.1, 0.15) is 11.3 Å². The van der Waals surface area contributed by atoms with Gasteiger partial charge in [0.1, 0.15) is 11.6 Å². The van der Waals surface area contributed by atoms with E-state index in [0.717, 1.165) is 0 Å². The van der Waals surface area contributed by atoms with Gasteiger partial charge in [-0.1, -0.05) is 0 Å². The third kappa shape index (κ3) is 2.84. The first-order valence-corrected chi connectivity index (χ1v) is 5.89. The van der Waals surface area contributed by atoms with Crippen molar-refractivity contribution in [1.29, 1.82) is 5.26 Å². The number of hydrogen-bond donors (Lipinski definition) is 0. The summed E-state index contributed by atoms with van der Waals surface area (Å²) in [6, 6.07) is 9.51. The molecular weight excluding hydrogens is 299 g/mol. The van der Waals surface area contributed by atoms with Crippen LogP contribution in [0.4, 0.5) is 4.39 Å². The van der Waals surface area contributed by atoms with E-state index in [4.69, 9.17) is 10.00 Å². The Kier molecular flexibility index (Phi) is 3.58. The zero-order valence-corrected chi connectivity index (χ0v) is 11.0. The third-order valence-corrected chi connectivity index (χ3v) is 2.78. The van der Waals surface area contributed by atoms with Crippen molar-refractivity contribution < 1.29 is 9.13 Å². The lowest BCUT2D eigenvalue weighted by Gasteiger charge is -2.06. The lowest BCUT2D eigenvalue weighted by molar-refractivity contribution is 0.459. The van der Waals surface area contributed by atoms with Gasteiger partial charge in [-0.15, -0.1) is 0 Å². The first-order chi connectivity index (χ1) is 8.58. The third-order valence-electron chi connectivity index (χ3n) is 2.17. The second kappa shape index (κ2) is 5.15. The van der Waals surface area contributed by atoms with Crippen molar-refractivity contribution in [3.63, 3.8) is 0 Å². The highest BCUT2D eigenvalue weighted by Crippen LogP contribution is 2.26. The average molecular weight is 307 g/mol. The molecule has 1 heterocycles. The van der Waals surface area contributed by atoms with Crippen LogP contribution in [-0.2, 0) is 0 Å². The highest BCUT2D eigenvalue weighted by Gasteiger charge is 2.05. The van der Waals surface area contributed by atoms with Gasteiger partial charge in [-0.2, -0.15) is 5.26 Å². The molecule has 0 saturated carbocycles. The Labute approximate surface area is 112 Å². The van der Waals surface area contributed by atoms with Crippen LogP contribution in [0.3, 0.4) is 0 Å². The van der Waals surface area contributed by atoms with Crippen molar-refractivity contribution in [2.75, 3.05) is 0 Å². The fourth-order valence-corrected chi connectivity index (χ4v) is 1.77. The maximum absolute atomic E-state index is 13.1. The molecule has 3 nitrogen and oxygen atoms in total. The van der Waals surface area contributed by atoms with Crippen molar-refractivity contribution in [1.82, 2.24) is 4.98 Å². The van der Waals surface area contributed by atoms with Gasteiger partial charge in [-0.3, -0.25) is 0 Å². The highest BCUT2D eigenvalue weighted by molar-refractivity contribution is 9.10. The molecule has 0 amide bonds. The SMILES string of the molecule is Cc1cc(C#N)cc(Oc2ccc(F)c(Br)c2)n1. The van der Waals surface area contributed by atoms with E-state index in [1.807, 2.05) is 6.07 Å². The van der Waals surface area contributed by atoms with E-state index in [2.05, 4.69) is 20.9 Å². The van der Waals surface area contributed by atoms with Crippen molar-refractivity contribution >= 4 is 15.9 Å². The van der Waals surface area contributed by atoms with Gasteiger partial charge in [-0.25, -0.2) is 9.37 Å². The minimum Gasteiger partial charge on any atom is -0.439 e. The number of nitriles is 1. The van der Waals surface area contributed by atoms with Gasteiger partial charge in [-0.05, 0) is 47.1 Å². The number of aryl methyl sites for hydroxylation is 1. The minimum atomic E-state index is -0.364. The number of nitrogens with zero attached hydrogens (tertiary/aromatic N) is 2. The highest BCUT2D eigenvalue weighted by atomic mass is 79.9. The van der Waals surface area contributed by atoms with Crippen molar-refractivity contribution in [3.8, 4) is 17.7 Å². The van der Waals surface area contributed by atoms with E-state index in [9.17, 15) is 4.39 Å². The van der Waals surface area contributed by atoms with Gasteiger partial charge < -0.3 is 4.74 Å². The van der Waals surface area contributed by atoms with E-state index in [1.54, 1.807) is 13.0 Å². The maximum atomic E-state index is 13.1. The summed E-state index contributed by atoms with van der Waals surface area (Å²) in [5, 5.41) is 8.84. The first-order valence-electron chi connectivity index (χ1n) is 5.10. The average Bonchev–Trinajstić information content (AvgIpc) is 2.33. The lowest BCUT2D eigenvalue weighted by Crippen LogP contribution is -1.92. The summed E-state index contributed by atoms with van der Waals surface area (Å²) < 4.78 is 18.9. The largest absolute Gasteiger partial charge is 0.439 e. The molecule has 18 heavy (non-hydrogen) atoms. The second-order valence-corrected chi connectivity index (χ2v) is 4.48. The molecule has 0 bridgehead atoms. The molecular formula is C13H8BrFN2O. The number of halogens is 2. The molecule has 0 atom stereocenters. The summed E-state index contributed by atoms with van der Waals surface area (Å²) in [6.07, 6.45) is 0. The molecule has 0 fully saturated rings. The van der Waals surface area contributed by atoms with Gasteiger partial charge in [0, 0.05) is 11.8 Å². The second-order valence-electron chi connectivity index (χ2n) is 3.63. The molecule has 0 aliphatic carbocycles. The van der Waals surface area contributed by atoms with Crippen LogP contribution in [0.15, 0.2) is 34.8 Å². The molecule has 0 aliphatic rings. The molecule has 2 aromatic rings. The Hall–Kier alpha value is -1.93. The van der Waals surface area contributed by atoms with Gasteiger partial charge >= 0.3 is 0 Å². The number of pyridine rings is 1. The summed E-state index contributed by atoms with van der Waals surface area (Å²) in [6.45, 7) is 1.77. The molecule has 0 saturated heterocycles. The molecule has 0 N–H and O–H groups in total. The van der Waals surface area contributed by atoms with Gasteiger partial charge in [0.15, 0.2) is 0 Å². The van der Waals surface area contributed by atoms with Crippen LogP contribution in [-0.4, -0.2) is 4.98 Å². The molecule has 2 rings (SSSR count). The van der Waals surface area contributed by atoms with E-state index in [-0.39, 0.29) is 5.82 Å². The summed E-state index contributed by atoms with van der Waals surface area (Å²) >= 11 is 3.07. The standard InChI is InChI=1S/C13H8BrFN2O/c1-8-4-9(7-16)5-13(17-8)18-10-2-3-12(15)11(14)6-10/h2-6H,1H3. The van der Waals surface area contributed by atoms with Crippen LogP contribution in [0, 0.1) is 24.1 Å². The van der Waals surface area contributed by atoms with E-state index in [0.29, 0.717) is 27.4 Å². The number of hydrogen-bond acceptors (Lipinski definition) is 3. The molecule has 1 aromatic carbocycles. The molecule has 1 aromatic heterocycles. The van der Waals surface area contributed by atoms with Gasteiger partial charge in [0.25, 0.3) is 0 Å². The maximum Gasteiger partial charge on any atom is 0.220 e. The van der Waals surface area contributed by atoms with Gasteiger partial charge in [0.2, 0.25) is 5.88 Å². The Morgan fingerprint density at radius 1 is 1.33 bits per heavy atom. The Balaban J connectivity index is 2.31. The van der Waals surface area contributed by atoms with Crippen LogP contribution in [0.25, 0.3) is 0 Å². The first kappa shape index (κ1) is 12.5. The molecule has 0 aliphatic heterocycles. The van der Waals surface area contributed by atoms with Crippen LogP contribution < -0.4 is 4.74 Å². The Morgan fingerprint density at radius 3 is 2.78 bits per heavy atom. The predicted octanol–water partition coefficient (Wildman–Crippen LogP) is 3.96. The number of ether oxygens (including phenoxy) is 1. The number of benzene rings is 1. The van der Waals surface area contributed by atoms with Crippen LogP contribution in [0.5, 0.6) is 11.6 Å². The van der Waals surface area contributed by atoms with Crippen molar-refractivity contribution in [3.05, 3.63) is 51.9 Å². The molecule has 0 unspecified atom stereocenters. The summed E-state index contributed by atoms with van der Waals surface area (Å²) in [5.74, 6) is 0.396. The van der Waals surface area contributed by atoms with E-state index >= 15 is 0 Å². The topological polar surface area (TPSA) is 45.9 Å². The predicted molar refractivity (Wildman–Crippen MR) is 67.9 cm³/mol. The fourth-order valence-electron chi connectivity index (χ4n) is 1.42. The zero-order valence-electron chi connectivity index (χ0n) is 9.45. The van der Waals surface area contributed by atoms with E-state index in [1.165, 1.54) is 24.3 Å². The Bertz CT molecular complexity index is 637. The number of aromatic nitrogens is 1. The van der Waals surface area contributed by atoms with Crippen molar-refractivity contribution in [2.45, 2.75) is 6.92 Å². The molecule has 90 valence electrons. The van der Waals surface area contributed by atoms with Crippen LogP contribution in [0.2, 0.25) is 0 Å². The summed E-state index contributed by atoms with van der Waals surface area (Å²) in [4.78, 5) is 4.15. The monoisotopic (exact) mass is 306 g/mol. The summed E-state index contributed by atoms with van der Waals surface area (Å²) in [5.41, 5.74) is 1.16. The minimum absolute atomic E-state index is 0.310. The smallest absolute Gasteiger partial charge is 0.220 e. The molecule has 0 spiro atoms.